The number of hydrogen-bond donors (Lipinski definition) is 0. The molecular weight excluding hydrogens is 380 g/mol. The second-order valence-corrected chi connectivity index (χ2v) is 8.40. The fourth-order valence-electron chi connectivity index (χ4n) is 5.52. The molecule has 2 aromatic carbocycles. The number of nitrogens with zero attached hydrogens (tertiary/aromatic N) is 2. The molecule has 0 saturated carbocycles. The van der Waals surface area contributed by atoms with Crippen molar-refractivity contribution in [2.45, 2.75) is 37.6 Å². The highest BCUT2D eigenvalue weighted by atomic mass is 16.5. The Bertz CT molecular complexity index is 1170. The van der Waals surface area contributed by atoms with E-state index in [0.717, 1.165) is 16.7 Å². The van der Waals surface area contributed by atoms with E-state index in [9.17, 15) is 9.59 Å². The van der Waals surface area contributed by atoms with E-state index in [0.29, 0.717) is 37.1 Å². The number of carbonyl (C=O) groups is 2. The number of fused-ring (bicyclic) bond motifs is 1. The molecule has 2 amide bonds. The van der Waals surface area contributed by atoms with Gasteiger partial charge in [-0.1, -0.05) is 42.5 Å². The molecule has 0 radical (unpaired) electrons. The summed E-state index contributed by atoms with van der Waals surface area (Å²) in [5, 5.41) is 0.914. The lowest BCUT2D eigenvalue weighted by Crippen LogP contribution is -2.49. The van der Waals surface area contributed by atoms with Crippen LogP contribution in [0.5, 0.6) is 0 Å². The van der Waals surface area contributed by atoms with Gasteiger partial charge in [-0.3, -0.25) is 9.59 Å². The number of furan rings is 1. The molecule has 3 aromatic rings. The van der Waals surface area contributed by atoms with Crippen molar-refractivity contribution in [1.29, 1.82) is 0 Å². The number of carbonyl (C=O) groups excluding carboxylic acids is 2. The van der Waals surface area contributed by atoms with Gasteiger partial charge in [-0.15, -0.1) is 0 Å². The van der Waals surface area contributed by atoms with E-state index in [1.807, 2.05) is 65.3 Å². The van der Waals surface area contributed by atoms with Crippen molar-refractivity contribution in [3.05, 3.63) is 71.5 Å². The van der Waals surface area contributed by atoms with Crippen LogP contribution in [0.2, 0.25) is 0 Å². The van der Waals surface area contributed by atoms with E-state index in [1.165, 1.54) is 0 Å². The molecule has 152 valence electrons. The van der Waals surface area contributed by atoms with Gasteiger partial charge in [0.1, 0.15) is 11.3 Å². The Labute approximate surface area is 174 Å². The largest absolute Gasteiger partial charge is 0.461 e. The van der Waals surface area contributed by atoms with Crippen LogP contribution in [0.15, 0.2) is 59.0 Å². The monoisotopic (exact) mass is 402 g/mol. The molecule has 0 unspecified atom stereocenters. The van der Waals surface area contributed by atoms with Gasteiger partial charge in [0, 0.05) is 18.4 Å². The van der Waals surface area contributed by atoms with Crippen molar-refractivity contribution >= 4 is 22.8 Å². The Kier molecular flexibility index (Phi) is 3.65. The van der Waals surface area contributed by atoms with Crippen LogP contribution < -0.4 is 0 Å². The van der Waals surface area contributed by atoms with E-state index in [4.69, 9.17) is 9.15 Å². The maximum atomic E-state index is 13.5. The highest BCUT2D eigenvalue weighted by Gasteiger charge is 2.65. The topological polar surface area (TPSA) is 63.0 Å². The first-order valence-corrected chi connectivity index (χ1v) is 10.4. The highest BCUT2D eigenvalue weighted by molar-refractivity contribution is 6.05. The number of amides is 2. The SMILES string of the molecule is Cc1cc2cccc(C(=O)N3CC[C@@]45OC[C@@H](c6ccccc6)N4C(=O)C[C@@H]35)c2o1. The van der Waals surface area contributed by atoms with E-state index < -0.39 is 5.72 Å². The summed E-state index contributed by atoms with van der Waals surface area (Å²) in [5.74, 6) is 0.726. The van der Waals surface area contributed by atoms with E-state index >= 15 is 0 Å². The van der Waals surface area contributed by atoms with Crippen LogP contribution in [0.4, 0.5) is 0 Å². The van der Waals surface area contributed by atoms with Crippen molar-refractivity contribution in [2.24, 2.45) is 0 Å². The molecule has 3 aliphatic heterocycles. The van der Waals surface area contributed by atoms with Gasteiger partial charge in [0.05, 0.1) is 30.7 Å². The second-order valence-electron chi connectivity index (χ2n) is 8.40. The molecule has 3 aliphatic rings. The average molecular weight is 402 g/mol. The molecular formula is C24H22N2O4. The summed E-state index contributed by atoms with van der Waals surface area (Å²) in [5.41, 5.74) is 1.50. The first-order valence-electron chi connectivity index (χ1n) is 10.4. The zero-order valence-corrected chi connectivity index (χ0v) is 16.7. The van der Waals surface area contributed by atoms with Crippen LogP contribution in [0.25, 0.3) is 11.0 Å². The van der Waals surface area contributed by atoms with Gasteiger partial charge >= 0.3 is 0 Å². The van der Waals surface area contributed by atoms with Crippen LogP contribution in [0.1, 0.15) is 40.6 Å². The average Bonchev–Trinajstić information content (AvgIpc) is 3.47. The van der Waals surface area contributed by atoms with Gasteiger partial charge in [-0.2, -0.15) is 0 Å². The van der Waals surface area contributed by atoms with E-state index in [-0.39, 0.29) is 23.9 Å². The van der Waals surface area contributed by atoms with Crippen LogP contribution in [0, 0.1) is 6.92 Å². The standard InChI is InChI=1S/C24H22N2O4/c1-15-12-17-8-5-9-18(22(17)30-15)23(28)25-11-10-24-20(25)13-21(27)26(24)19(14-29-24)16-6-3-2-4-7-16/h2-9,12,19-20H,10-11,13-14H2,1H3/t19-,20+,24-/m0/s1. The summed E-state index contributed by atoms with van der Waals surface area (Å²) in [7, 11) is 0. The predicted molar refractivity (Wildman–Crippen MR) is 110 cm³/mol. The normalized spacial score (nSPS) is 27.7. The zero-order chi connectivity index (χ0) is 20.5. The van der Waals surface area contributed by atoms with Crippen molar-refractivity contribution in [3.63, 3.8) is 0 Å². The first kappa shape index (κ1) is 17.7. The fourth-order valence-corrected chi connectivity index (χ4v) is 5.52. The number of para-hydroxylation sites is 1. The third-order valence-corrected chi connectivity index (χ3v) is 6.80. The summed E-state index contributed by atoms with van der Waals surface area (Å²) in [6, 6.07) is 17.2. The van der Waals surface area contributed by atoms with Gasteiger partial charge in [-0.25, -0.2) is 0 Å². The minimum Gasteiger partial charge on any atom is -0.461 e. The Morgan fingerprint density at radius 1 is 1.13 bits per heavy atom. The number of hydrogen-bond acceptors (Lipinski definition) is 4. The lowest BCUT2D eigenvalue weighted by Gasteiger charge is -2.33. The maximum Gasteiger partial charge on any atom is 0.258 e. The molecule has 6 rings (SSSR count). The molecule has 0 aliphatic carbocycles. The Morgan fingerprint density at radius 2 is 1.97 bits per heavy atom. The number of likely N-dealkylation sites (tertiary alicyclic amines) is 1. The number of benzene rings is 2. The third kappa shape index (κ3) is 2.28. The van der Waals surface area contributed by atoms with Gasteiger partial charge in [0.15, 0.2) is 5.72 Å². The van der Waals surface area contributed by atoms with Gasteiger partial charge in [-0.05, 0) is 24.6 Å². The molecule has 4 heterocycles. The highest BCUT2D eigenvalue weighted by Crippen LogP contribution is 2.51. The molecule has 6 heteroatoms. The third-order valence-electron chi connectivity index (χ3n) is 6.80. The Hall–Kier alpha value is -3.12. The molecule has 3 saturated heterocycles. The van der Waals surface area contributed by atoms with Gasteiger partial charge < -0.3 is 19.0 Å². The number of aryl methyl sites for hydroxylation is 1. The van der Waals surface area contributed by atoms with E-state index in [2.05, 4.69) is 0 Å². The first-order chi connectivity index (χ1) is 14.6. The van der Waals surface area contributed by atoms with Crippen LogP contribution in [-0.4, -0.2) is 46.5 Å². The minimum atomic E-state index is -0.722. The van der Waals surface area contributed by atoms with Crippen molar-refractivity contribution in [2.75, 3.05) is 13.2 Å². The maximum absolute atomic E-state index is 13.5. The lowest BCUT2D eigenvalue weighted by atomic mass is 10.0. The zero-order valence-electron chi connectivity index (χ0n) is 16.7. The second kappa shape index (κ2) is 6.19. The fraction of sp³-hybridized carbons (Fsp3) is 0.333. The summed E-state index contributed by atoms with van der Waals surface area (Å²) in [4.78, 5) is 30.3. The lowest BCUT2D eigenvalue weighted by molar-refractivity contribution is -0.138. The molecule has 0 bridgehead atoms. The molecule has 1 spiro atoms. The number of ether oxygens (including phenoxy) is 1. The summed E-state index contributed by atoms with van der Waals surface area (Å²) < 4.78 is 12.1. The summed E-state index contributed by atoms with van der Waals surface area (Å²) in [6.45, 7) is 2.90. The Balaban J connectivity index is 1.36. The molecule has 0 N–H and O–H groups in total. The van der Waals surface area contributed by atoms with Gasteiger partial charge in [0.2, 0.25) is 5.91 Å². The van der Waals surface area contributed by atoms with Crippen molar-refractivity contribution in [1.82, 2.24) is 9.80 Å². The Morgan fingerprint density at radius 3 is 2.80 bits per heavy atom. The van der Waals surface area contributed by atoms with Crippen molar-refractivity contribution in [3.8, 4) is 0 Å². The van der Waals surface area contributed by atoms with Crippen LogP contribution in [-0.2, 0) is 9.53 Å². The van der Waals surface area contributed by atoms with E-state index in [1.54, 1.807) is 6.07 Å². The summed E-state index contributed by atoms with van der Waals surface area (Å²) >= 11 is 0. The molecule has 30 heavy (non-hydrogen) atoms. The molecule has 6 nitrogen and oxygen atoms in total. The quantitative estimate of drug-likeness (QED) is 0.656. The molecule has 1 aromatic heterocycles. The summed E-state index contributed by atoms with van der Waals surface area (Å²) in [6.07, 6.45) is 0.924. The number of rotatable bonds is 2. The predicted octanol–water partition coefficient (Wildman–Crippen LogP) is 3.66. The van der Waals surface area contributed by atoms with Crippen LogP contribution >= 0.6 is 0 Å². The van der Waals surface area contributed by atoms with Crippen LogP contribution in [0.3, 0.4) is 0 Å². The smallest absolute Gasteiger partial charge is 0.258 e. The molecule has 3 atom stereocenters. The van der Waals surface area contributed by atoms with Crippen molar-refractivity contribution < 1.29 is 18.7 Å². The molecule has 3 fully saturated rings. The minimum absolute atomic E-state index is 0.0518. The van der Waals surface area contributed by atoms with Gasteiger partial charge in [0.25, 0.3) is 5.91 Å².